The number of rotatable bonds is 5. The molecule has 0 saturated carbocycles. The second-order valence-electron chi connectivity index (χ2n) is 5.02. The Hall–Kier alpha value is -1.86. The van der Waals surface area contributed by atoms with Gasteiger partial charge in [-0.2, -0.15) is 0 Å². The molecule has 1 aliphatic rings. The Morgan fingerprint density at radius 3 is 3.05 bits per heavy atom. The molecule has 2 heterocycles. The molecule has 0 aliphatic carbocycles. The van der Waals surface area contributed by atoms with Gasteiger partial charge < -0.3 is 20.4 Å². The summed E-state index contributed by atoms with van der Waals surface area (Å²) < 4.78 is 6.95. The second kappa shape index (κ2) is 7.24. The topological polar surface area (TPSA) is 89.6 Å². The fraction of sp³-hybridized carbons (Fsp3) is 0.571. The van der Waals surface area contributed by atoms with Gasteiger partial charge in [-0.3, -0.25) is 14.5 Å². The molecule has 1 fully saturated rings. The number of pyridine rings is 1. The molecule has 1 atom stereocenters. The Morgan fingerprint density at radius 2 is 2.29 bits per heavy atom. The number of likely N-dealkylation sites (N-methyl/N-ethyl adjacent to an activating group) is 1. The van der Waals surface area contributed by atoms with Crippen molar-refractivity contribution in [3.05, 3.63) is 28.7 Å². The highest BCUT2D eigenvalue weighted by Crippen LogP contribution is 2.07. The summed E-state index contributed by atoms with van der Waals surface area (Å²) in [7, 11) is 0. The second-order valence-corrected chi connectivity index (χ2v) is 5.02. The average Bonchev–Trinajstić information content (AvgIpc) is 2.49. The maximum atomic E-state index is 12.0. The number of hydrogen-bond acceptors (Lipinski definition) is 5. The van der Waals surface area contributed by atoms with Crippen molar-refractivity contribution in [2.45, 2.75) is 19.5 Å². The highest BCUT2D eigenvalue weighted by Gasteiger charge is 2.28. The molecule has 7 heteroatoms. The predicted molar refractivity (Wildman–Crippen MR) is 80.0 cm³/mol. The number of nitrogens with two attached hydrogens (primary N) is 1. The van der Waals surface area contributed by atoms with E-state index in [1.165, 1.54) is 6.07 Å². The van der Waals surface area contributed by atoms with Gasteiger partial charge in [0.05, 0.1) is 13.2 Å². The van der Waals surface area contributed by atoms with Gasteiger partial charge in [0, 0.05) is 44.1 Å². The van der Waals surface area contributed by atoms with Gasteiger partial charge in [0.15, 0.2) is 0 Å². The number of hydrogen-bond donors (Lipinski definition) is 2. The van der Waals surface area contributed by atoms with E-state index >= 15 is 0 Å². The van der Waals surface area contributed by atoms with Crippen molar-refractivity contribution in [3.8, 4) is 0 Å². The largest absolute Gasteiger partial charge is 0.398 e. The third kappa shape index (κ3) is 4.05. The number of ether oxygens (including phenoxy) is 1. The van der Waals surface area contributed by atoms with E-state index in [4.69, 9.17) is 10.5 Å². The lowest BCUT2D eigenvalue weighted by atomic mass is 10.2. The van der Waals surface area contributed by atoms with Crippen LogP contribution in [0.25, 0.3) is 0 Å². The van der Waals surface area contributed by atoms with Crippen LogP contribution in [0, 0.1) is 0 Å². The number of amides is 1. The van der Waals surface area contributed by atoms with Crippen LogP contribution in [0.15, 0.2) is 23.1 Å². The molecule has 0 radical (unpaired) electrons. The normalized spacial score (nSPS) is 19.4. The van der Waals surface area contributed by atoms with Crippen LogP contribution in [0.1, 0.15) is 6.92 Å². The van der Waals surface area contributed by atoms with Crippen molar-refractivity contribution < 1.29 is 9.53 Å². The van der Waals surface area contributed by atoms with Gasteiger partial charge in [0.25, 0.3) is 5.56 Å². The predicted octanol–water partition coefficient (Wildman–Crippen LogP) is -0.733. The Bertz CT molecular complexity index is 543. The van der Waals surface area contributed by atoms with Gasteiger partial charge in [-0.15, -0.1) is 0 Å². The monoisotopic (exact) mass is 294 g/mol. The molecular weight excluding hydrogens is 272 g/mol. The lowest BCUT2D eigenvalue weighted by Crippen LogP contribution is -2.54. The highest BCUT2D eigenvalue weighted by molar-refractivity contribution is 5.81. The summed E-state index contributed by atoms with van der Waals surface area (Å²) in [6.45, 7) is 5.25. The maximum Gasteiger partial charge on any atom is 0.250 e. The summed E-state index contributed by atoms with van der Waals surface area (Å²) in [6, 6.07) is 2.75. The first-order valence-electron chi connectivity index (χ1n) is 7.17. The minimum absolute atomic E-state index is 0.0304. The van der Waals surface area contributed by atoms with E-state index in [2.05, 4.69) is 5.32 Å². The maximum absolute atomic E-state index is 12.0. The zero-order valence-electron chi connectivity index (χ0n) is 12.2. The molecule has 1 aromatic heterocycles. The molecule has 0 bridgehead atoms. The van der Waals surface area contributed by atoms with Crippen molar-refractivity contribution in [2.24, 2.45) is 0 Å². The van der Waals surface area contributed by atoms with E-state index in [0.717, 1.165) is 0 Å². The van der Waals surface area contributed by atoms with E-state index < -0.39 is 0 Å². The quantitative estimate of drug-likeness (QED) is 0.747. The Morgan fingerprint density at radius 1 is 1.48 bits per heavy atom. The molecular formula is C14H22N4O3. The van der Waals surface area contributed by atoms with Gasteiger partial charge in [0.1, 0.15) is 6.04 Å². The number of nitrogen functional groups attached to an aromatic ring is 1. The molecule has 1 amide bonds. The van der Waals surface area contributed by atoms with Crippen LogP contribution in [-0.4, -0.2) is 54.3 Å². The lowest BCUT2D eigenvalue weighted by Gasteiger charge is -2.34. The van der Waals surface area contributed by atoms with Crippen LogP contribution < -0.4 is 16.6 Å². The summed E-state index contributed by atoms with van der Waals surface area (Å²) in [5, 5.41) is 2.81. The molecule has 3 N–H and O–H groups in total. The van der Waals surface area contributed by atoms with Gasteiger partial charge >= 0.3 is 0 Å². The Labute approximate surface area is 123 Å². The average molecular weight is 294 g/mol. The zero-order valence-corrected chi connectivity index (χ0v) is 12.2. The molecule has 1 aromatic rings. The lowest BCUT2D eigenvalue weighted by molar-refractivity contribution is -0.132. The molecule has 2 rings (SSSR count). The first kappa shape index (κ1) is 15.5. The number of aromatic nitrogens is 1. The first-order chi connectivity index (χ1) is 10.1. The molecule has 7 nitrogen and oxygen atoms in total. The number of anilines is 1. The molecule has 1 saturated heterocycles. The van der Waals surface area contributed by atoms with Crippen LogP contribution in [0.2, 0.25) is 0 Å². The first-order valence-corrected chi connectivity index (χ1v) is 7.17. The van der Waals surface area contributed by atoms with Gasteiger partial charge in [0.2, 0.25) is 5.91 Å². The van der Waals surface area contributed by atoms with Crippen molar-refractivity contribution in [2.75, 3.05) is 38.6 Å². The van der Waals surface area contributed by atoms with Crippen molar-refractivity contribution in [1.82, 2.24) is 14.8 Å². The van der Waals surface area contributed by atoms with Crippen LogP contribution in [0.4, 0.5) is 5.69 Å². The summed E-state index contributed by atoms with van der Waals surface area (Å²) in [5.41, 5.74) is 6.16. The third-order valence-electron chi connectivity index (χ3n) is 3.53. The summed E-state index contributed by atoms with van der Waals surface area (Å²) >= 11 is 0. The minimum atomic E-state index is -0.296. The number of morpholine rings is 1. The van der Waals surface area contributed by atoms with Crippen LogP contribution in [-0.2, 0) is 16.1 Å². The number of carbonyl (C=O) groups is 1. The zero-order chi connectivity index (χ0) is 15.2. The molecule has 1 unspecified atom stereocenters. The SMILES string of the molecule is CCNC(=O)C1COCCN1CCn1cc(N)ccc1=O. The fourth-order valence-corrected chi connectivity index (χ4v) is 2.40. The summed E-state index contributed by atoms with van der Waals surface area (Å²) in [5.74, 6) is -0.0304. The van der Waals surface area contributed by atoms with Gasteiger partial charge in [-0.1, -0.05) is 0 Å². The smallest absolute Gasteiger partial charge is 0.250 e. The van der Waals surface area contributed by atoms with Crippen molar-refractivity contribution >= 4 is 11.6 Å². The van der Waals surface area contributed by atoms with Crippen molar-refractivity contribution in [3.63, 3.8) is 0 Å². The van der Waals surface area contributed by atoms with Gasteiger partial charge in [-0.05, 0) is 13.0 Å². The van der Waals surface area contributed by atoms with Crippen LogP contribution in [0.3, 0.4) is 0 Å². The van der Waals surface area contributed by atoms with Crippen LogP contribution >= 0.6 is 0 Å². The van der Waals surface area contributed by atoms with E-state index in [9.17, 15) is 9.59 Å². The standard InChI is InChI=1S/C14H22N4O3/c1-2-16-14(20)12-10-21-8-7-17(12)5-6-18-9-11(15)3-4-13(18)19/h3-4,9,12H,2,5-8,10,15H2,1H3,(H,16,20). The summed E-state index contributed by atoms with van der Waals surface area (Å²) in [6.07, 6.45) is 1.63. The molecule has 21 heavy (non-hydrogen) atoms. The van der Waals surface area contributed by atoms with E-state index in [1.54, 1.807) is 16.8 Å². The molecule has 0 aromatic carbocycles. The van der Waals surface area contributed by atoms with Crippen molar-refractivity contribution in [1.29, 1.82) is 0 Å². The summed E-state index contributed by atoms with van der Waals surface area (Å²) in [4.78, 5) is 25.8. The molecule has 0 spiro atoms. The van der Waals surface area contributed by atoms with Crippen LogP contribution in [0.5, 0.6) is 0 Å². The van der Waals surface area contributed by atoms with E-state index in [1.807, 2.05) is 11.8 Å². The number of carbonyl (C=O) groups excluding carboxylic acids is 1. The van der Waals surface area contributed by atoms with E-state index in [-0.39, 0.29) is 17.5 Å². The number of nitrogens with zero attached hydrogens (tertiary/aromatic N) is 2. The Kier molecular flexibility index (Phi) is 5.35. The van der Waals surface area contributed by atoms with Gasteiger partial charge in [-0.25, -0.2) is 0 Å². The fourth-order valence-electron chi connectivity index (χ4n) is 2.40. The minimum Gasteiger partial charge on any atom is -0.398 e. The highest BCUT2D eigenvalue weighted by atomic mass is 16.5. The third-order valence-corrected chi connectivity index (χ3v) is 3.53. The molecule has 116 valence electrons. The number of nitrogens with one attached hydrogen (secondary N) is 1. The Balaban J connectivity index is 2.01. The van der Waals surface area contributed by atoms with E-state index in [0.29, 0.717) is 45.1 Å². The molecule has 1 aliphatic heterocycles.